The topological polar surface area (TPSA) is 101 Å². The number of hydrogen-bond acceptors (Lipinski definition) is 4. The van der Waals surface area contributed by atoms with Crippen molar-refractivity contribution in [2.45, 2.75) is 24.2 Å². The molecule has 2 aromatic carbocycles. The number of carbonyl (C=O) groups is 1. The van der Waals surface area contributed by atoms with Gasteiger partial charge in [-0.05, 0) is 55.6 Å². The number of nitrogens with two attached hydrogens (primary N) is 1. The summed E-state index contributed by atoms with van der Waals surface area (Å²) < 4.78 is 27.4. The normalized spacial score (nSPS) is 19.1. The van der Waals surface area contributed by atoms with Gasteiger partial charge >= 0.3 is 0 Å². The molecule has 1 aliphatic rings. The number of rotatable bonds is 6. The predicted octanol–water partition coefficient (Wildman–Crippen LogP) is 3.22. The van der Waals surface area contributed by atoms with Gasteiger partial charge in [-0.15, -0.1) is 12.4 Å². The standard InChI is InChI=1S/C19H23N3O3S.ClH/c20-13-14-6-4-11-18(14)19(23)21-15-7-5-8-16(12-15)22-26(24,25)17-9-2-1-3-10-17;/h1-3,5,7-10,12,14,18,22H,4,6,11,13,20H2,(H,21,23);1H/t14-,18-;/m1./s1. The van der Waals surface area contributed by atoms with Gasteiger partial charge in [0.1, 0.15) is 0 Å². The van der Waals surface area contributed by atoms with E-state index in [4.69, 9.17) is 5.73 Å². The largest absolute Gasteiger partial charge is 0.330 e. The first-order valence-electron chi connectivity index (χ1n) is 8.68. The molecule has 2 atom stereocenters. The Labute approximate surface area is 166 Å². The fourth-order valence-electron chi connectivity index (χ4n) is 3.37. The SMILES string of the molecule is Cl.NC[C@H]1CCC[C@H]1C(=O)Nc1cccc(NS(=O)(=O)c2ccccc2)c1. The van der Waals surface area contributed by atoms with Gasteiger partial charge in [0.05, 0.1) is 10.6 Å². The maximum atomic E-state index is 12.5. The molecule has 1 saturated carbocycles. The summed E-state index contributed by atoms with van der Waals surface area (Å²) in [6.07, 6.45) is 2.83. The zero-order valence-corrected chi connectivity index (χ0v) is 16.4. The summed E-state index contributed by atoms with van der Waals surface area (Å²) >= 11 is 0. The molecular weight excluding hydrogens is 386 g/mol. The Morgan fingerprint density at radius 1 is 1.04 bits per heavy atom. The van der Waals surface area contributed by atoms with Crippen molar-refractivity contribution in [1.29, 1.82) is 0 Å². The van der Waals surface area contributed by atoms with Crippen molar-refractivity contribution in [3.8, 4) is 0 Å². The molecule has 3 rings (SSSR count). The number of carbonyl (C=O) groups excluding carboxylic acids is 1. The van der Waals surface area contributed by atoms with Crippen LogP contribution in [0.4, 0.5) is 11.4 Å². The molecule has 1 aliphatic carbocycles. The van der Waals surface area contributed by atoms with Gasteiger partial charge in [-0.1, -0.05) is 30.7 Å². The van der Waals surface area contributed by atoms with E-state index in [1.165, 1.54) is 12.1 Å². The first-order valence-corrected chi connectivity index (χ1v) is 10.2. The Bertz CT molecular complexity index is 875. The van der Waals surface area contributed by atoms with Gasteiger partial charge in [-0.25, -0.2) is 8.42 Å². The highest BCUT2D eigenvalue weighted by atomic mass is 35.5. The summed E-state index contributed by atoms with van der Waals surface area (Å²) in [5.74, 6) is 0.0837. The molecule has 1 fully saturated rings. The van der Waals surface area contributed by atoms with Crippen molar-refractivity contribution in [3.63, 3.8) is 0 Å². The first kappa shape index (κ1) is 21.2. The Hall–Kier alpha value is -2.09. The van der Waals surface area contributed by atoms with Crippen LogP contribution in [0.25, 0.3) is 0 Å². The molecule has 8 heteroatoms. The number of halogens is 1. The van der Waals surface area contributed by atoms with Gasteiger partial charge in [0.15, 0.2) is 0 Å². The van der Waals surface area contributed by atoms with Crippen LogP contribution in [0.2, 0.25) is 0 Å². The van der Waals surface area contributed by atoms with E-state index >= 15 is 0 Å². The van der Waals surface area contributed by atoms with Crippen LogP contribution in [0.1, 0.15) is 19.3 Å². The summed E-state index contributed by atoms with van der Waals surface area (Å²) in [7, 11) is -3.67. The van der Waals surface area contributed by atoms with E-state index in [0.717, 1.165) is 19.3 Å². The maximum Gasteiger partial charge on any atom is 0.261 e. The minimum Gasteiger partial charge on any atom is -0.330 e. The Balaban J connectivity index is 0.00000261. The minimum absolute atomic E-state index is 0. The number of amides is 1. The lowest BCUT2D eigenvalue weighted by Crippen LogP contribution is -2.29. The Morgan fingerprint density at radius 3 is 2.44 bits per heavy atom. The summed E-state index contributed by atoms with van der Waals surface area (Å²) in [6.45, 7) is 0.509. The smallest absolute Gasteiger partial charge is 0.261 e. The van der Waals surface area contributed by atoms with Crippen LogP contribution in [0.15, 0.2) is 59.5 Å². The van der Waals surface area contributed by atoms with E-state index in [0.29, 0.717) is 17.9 Å². The molecule has 0 aromatic heterocycles. The van der Waals surface area contributed by atoms with Crippen LogP contribution in [-0.2, 0) is 14.8 Å². The quantitative estimate of drug-likeness (QED) is 0.681. The van der Waals surface area contributed by atoms with Crippen LogP contribution >= 0.6 is 12.4 Å². The third-order valence-electron chi connectivity index (χ3n) is 4.73. The number of anilines is 2. The van der Waals surface area contributed by atoms with Crippen LogP contribution in [-0.4, -0.2) is 20.9 Å². The summed E-state index contributed by atoms with van der Waals surface area (Å²) in [5, 5.41) is 2.88. The molecule has 0 bridgehead atoms. The molecule has 6 nitrogen and oxygen atoms in total. The average Bonchev–Trinajstić information content (AvgIpc) is 3.11. The number of benzene rings is 2. The van der Waals surface area contributed by atoms with Gasteiger partial charge in [0, 0.05) is 11.6 Å². The van der Waals surface area contributed by atoms with Crippen LogP contribution in [0.5, 0.6) is 0 Å². The fraction of sp³-hybridized carbons (Fsp3) is 0.316. The molecule has 0 heterocycles. The van der Waals surface area contributed by atoms with E-state index in [1.807, 2.05) is 0 Å². The highest BCUT2D eigenvalue weighted by molar-refractivity contribution is 7.92. The van der Waals surface area contributed by atoms with Crippen molar-refractivity contribution in [1.82, 2.24) is 0 Å². The molecule has 2 aromatic rings. The molecule has 4 N–H and O–H groups in total. The van der Waals surface area contributed by atoms with Crippen molar-refractivity contribution in [3.05, 3.63) is 54.6 Å². The first-order chi connectivity index (χ1) is 12.5. The van der Waals surface area contributed by atoms with E-state index in [9.17, 15) is 13.2 Å². The molecule has 146 valence electrons. The van der Waals surface area contributed by atoms with E-state index < -0.39 is 10.0 Å². The summed E-state index contributed by atoms with van der Waals surface area (Å²) in [4.78, 5) is 12.7. The highest BCUT2D eigenvalue weighted by Crippen LogP contribution is 2.32. The van der Waals surface area contributed by atoms with Crippen molar-refractivity contribution in [2.24, 2.45) is 17.6 Å². The molecular formula is C19H24ClN3O3S. The van der Waals surface area contributed by atoms with Gasteiger partial charge < -0.3 is 11.1 Å². The molecule has 27 heavy (non-hydrogen) atoms. The summed E-state index contributed by atoms with van der Waals surface area (Å²) in [5.41, 5.74) is 6.71. The maximum absolute atomic E-state index is 12.5. The lowest BCUT2D eigenvalue weighted by Gasteiger charge is -2.17. The predicted molar refractivity (Wildman–Crippen MR) is 109 cm³/mol. The van der Waals surface area contributed by atoms with E-state index in [1.54, 1.807) is 42.5 Å². The zero-order chi connectivity index (χ0) is 18.6. The fourth-order valence-corrected chi connectivity index (χ4v) is 4.44. The van der Waals surface area contributed by atoms with Gasteiger partial charge in [0.25, 0.3) is 10.0 Å². The minimum atomic E-state index is -3.67. The van der Waals surface area contributed by atoms with Crippen LogP contribution in [0, 0.1) is 11.8 Å². The van der Waals surface area contributed by atoms with Gasteiger partial charge in [-0.3, -0.25) is 9.52 Å². The average molecular weight is 410 g/mol. The van der Waals surface area contributed by atoms with Crippen LogP contribution < -0.4 is 15.8 Å². The van der Waals surface area contributed by atoms with Gasteiger partial charge in [-0.2, -0.15) is 0 Å². The molecule has 0 unspecified atom stereocenters. The zero-order valence-electron chi connectivity index (χ0n) is 14.8. The van der Waals surface area contributed by atoms with E-state index in [-0.39, 0.29) is 35.0 Å². The molecule has 0 spiro atoms. The number of hydrogen-bond donors (Lipinski definition) is 3. The van der Waals surface area contributed by atoms with Gasteiger partial charge in [0.2, 0.25) is 5.91 Å². The molecule has 0 saturated heterocycles. The lowest BCUT2D eigenvalue weighted by molar-refractivity contribution is -0.120. The number of nitrogens with one attached hydrogen (secondary N) is 2. The molecule has 1 amide bonds. The monoisotopic (exact) mass is 409 g/mol. The van der Waals surface area contributed by atoms with Crippen molar-refractivity contribution >= 4 is 39.7 Å². The second kappa shape index (κ2) is 9.21. The molecule has 0 radical (unpaired) electrons. The summed E-state index contributed by atoms with van der Waals surface area (Å²) in [6, 6.07) is 14.9. The third kappa shape index (κ3) is 5.22. The second-order valence-corrected chi connectivity index (χ2v) is 8.20. The highest BCUT2D eigenvalue weighted by Gasteiger charge is 2.31. The Kier molecular flexibility index (Phi) is 7.24. The van der Waals surface area contributed by atoms with Crippen molar-refractivity contribution < 1.29 is 13.2 Å². The molecule has 0 aliphatic heterocycles. The van der Waals surface area contributed by atoms with Crippen molar-refractivity contribution in [2.75, 3.05) is 16.6 Å². The third-order valence-corrected chi connectivity index (χ3v) is 6.13. The van der Waals surface area contributed by atoms with Crippen LogP contribution in [0.3, 0.4) is 0 Å². The number of sulfonamides is 1. The second-order valence-electron chi connectivity index (χ2n) is 6.52. The van der Waals surface area contributed by atoms with E-state index in [2.05, 4.69) is 10.0 Å². The Morgan fingerprint density at radius 2 is 1.74 bits per heavy atom. The lowest BCUT2D eigenvalue weighted by atomic mass is 9.95.